The Morgan fingerprint density at radius 2 is 0.333 bits per heavy atom. The maximum absolute atomic E-state index is 4.56. The lowest BCUT2D eigenvalue weighted by Gasteiger charge is -2.58. The molecule has 0 fully saturated rings. The lowest BCUT2D eigenvalue weighted by atomic mass is 9.90. The van der Waals surface area contributed by atoms with Crippen LogP contribution in [0.3, 0.4) is 0 Å². The molecule has 0 atom stereocenters. The number of benzene rings is 16. The summed E-state index contributed by atoms with van der Waals surface area (Å²) >= 11 is 0. The normalized spacial score (nSPS) is 13.2. The van der Waals surface area contributed by atoms with E-state index in [0.717, 1.165) is 90.0 Å². The molecule has 16 aromatic carbocycles. The summed E-state index contributed by atoms with van der Waals surface area (Å²) in [5.41, 5.74) is 22.4. The highest BCUT2D eigenvalue weighted by Gasteiger charge is 2.66. The Balaban J connectivity index is 1.10. The number of nitrogens with zero attached hydrogens (tertiary/aromatic N) is 4. The standard InChI is InChI=1S/C88H60N4Si/c1-5-21-61(22-6-1)65-37-49-73(50-38-65)89-81-57-45-69-29-13-17-33-77(69)85(81)86-78-34-18-14-30-70(78)46-58-82(86)90(74-51-39-66(40-52-74)62-23-7-2-8-24-62)93(89)91(75-53-41-67(42-54-75)63-25-9-3-10-26-63)83-59-47-71-31-15-19-35-79(71)87(83)88-80-36-20-16-32-72(80)48-60-84(88)92(93)76-55-43-68(44-56-76)64-27-11-4-12-28-64/h1-60H. The molecule has 2 aliphatic rings. The summed E-state index contributed by atoms with van der Waals surface area (Å²) in [6.07, 6.45) is 0. The average molecular weight is 1200 g/mol. The van der Waals surface area contributed by atoms with Gasteiger partial charge in [0.2, 0.25) is 0 Å². The lowest BCUT2D eigenvalue weighted by Crippen LogP contribution is -2.81. The van der Waals surface area contributed by atoms with Gasteiger partial charge < -0.3 is 18.3 Å². The number of hydrogen-bond donors (Lipinski definition) is 0. The van der Waals surface area contributed by atoms with Gasteiger partial charge in [0.15, 0.2) is 0 Å². The molecule has 16 aromatic rings. The lowest BCUT2D eigenvalue weighted by molar-refractivity contribution is 1.10. The van der Waals surface area contributed by atoms with Crippen LogP contribution in [0.2, 0.25) is 0 Å². The second kappa shape index (κ2) is 22.2. The summed E-state index contributed by atoms with van der Waals surface area (Å²) in [6, 6.07) is 137. The van der Waals surface area contributed by atoms with Crippen molar-refractivity contribution in [2.45, 2.75) is 0 Å². The first-order valence-electron chi connectivity index (χ1n) is 32.1. The van der Waals surface area contributed by atoms with Crippen LogP contribution in [-0.4, -0.2) is 8.72 Å². The summed E-state index contributed by atoms with van der Waals surface area (Å²) < 4.78 is 11.4. The molecule has 1 spiro atoms. The van der Waals surface area contributed by atoms with Gasteiger partial charge in [0, 0.05) is 67.8 Å². The molecule has 93 heavy (non-hydrogen) atoms. The van der Waals surface area contributed by atoms with Crippen LogP contribution in [0.4, 0.5) is 45.5 Å². The Morgan fingerprint density at radius 3 is 0.548 bits per heavy atom. The molecule has 0 N–H and O–H groups in total. The van der Waals surface area contributed by atoms with Gasteiger partial charge in [-0.05, 0) is 160 Å². The molecular weight excluding hydrogens is 1140 g/mol. The summed E-state index contributed by atoms with van der Waals surface area (Å²) in [5.74, 6) is 0. The van der Waals surface area contributed by atoms with Gasteiger partial charge in [-0.2, -0.15) is 0 Å². The van der Waals surface area contributed by atoms with Gasteiger partial charge in [-0.15, -0.1) is 0 Å². The van der Waals surface area contributed by atoms with E-state index in [-0.39, 0.29) is 0 Å². The van der Waals surface area contributed by atoms with Crippen LogP contribution in [-0.2, 0) is 0 Å². The highest BCUT2D eigenvalue weighted by Crippen LogP contribution is 2.63. The van der Waals surface area contributed by atoms with Gasteiger partial charge in [0.1, 0.15) is 0 Å². The monoisotopic (exact) mass is 1200 g/mol. The molecule has 0 amide bonds. The molecule has 5 heteroatoms. The molecule has 18 rings (SSSR count). The van der Waals surface area contributed by atoms with E-state index in [0.29, 0.717) is 0 Å². The molecule has 2 heterocycles. The molecule has 0 saturated carbocycles. The van der Waals surface area contributed by atoms with Crippen molar-refractivity contribution in [3.8, 4) is 66.8 Å². The summed E-state index contributed by atoms with van der Waals surface area (Å²) in [7, 11) is -4.56. The molecule has 0 saturated heterocycles. The maximum Gasteiger partial charge on any atom is 0.521 e. The maximum atomic E-state index is 2.85. The molecule has 4 nitrogen and oxygen atoms in total. The van der Waals surface area contributed by atoms with Crippen molar-refractivity contribution >= 4 is 97.3 Å². The van der Waals surface area contributed by atoms with E-state index in [1.54, 1.807) is 0 Å². The third kappa shape index (κ3) is 8.73. The quantitative estimate of drug-likeness (QED) is 0.141. The minimum absolute atomic E-state index is 1.05. The fourth-order valence-corrected chi connectivity index (χ4v) is 20.3. The third-order valence-electron chi connectivity index (χ3n) is 19.2. The number of rotatable bonds is 8. The van der Waals surface area contributed by atoms with Crippen molar-refractivity contribution in [2.75, 3.05) is 18.3 Å². The van der Waals surface area contributed by atoms with Crippen molar-refractivity contribution in [1.82, 2.24) is 0 Å². The Labute approximate surface area is 543 Å². The van der Waals surface area contributed by atoms with E-state index in [1.165, 1.54) is 65.3 Å². The van der Waals surface area contributed by atoms with Crippen LogP contribution in [0.1, 0.15) is 0 Å². The Bertz CT molecular complexity index is 4800. The highest BCUT2D eigenvalue weighted by molar-refractivity contribution is 6.97. The van der Waals surface area contributed by atoms with Crippen LogP contribution in [0.25, 0.3) is 110 Å². The van der Waals surface area contributed by atoms with Gasteiger partial charge in [0.05, 0.1) is 0 Å². The zero-order valence-electron chi connectivity index (χ0n) is 50.9. The van der Waals surface area contributed by atoms with Crippen LogP contribution in [0, 0.1) is 0 Å². The molecular formula is C88H60N4Si. The smallest absolute Gasteiger partial charge is 0.315 e. The molecule has 2 aliphatic heterocycles. The zero-order chi connectivity index (χ0) is 61.4. The summed E-state index contributed by atoms with van der Waals surface area (Å²) in [5, 5.41) is 9.37. The van der Waals surface area contributed by atoms with E-state index >= 15 is 0 Å². The van der Waals surface area contributed by atoms with E-state index < -0.39 is 8.72 Å². The van der Waals surface area contributed by atoms with Gasteiger partial charge in [-0.1, -0.05) is 291 Å². The summed E-state index contributed by atoms with van der Waals surface area (Å²) in [6.45, 7) is 0. The van der Waals surface area contributed by atoms with E-state index in [9.17, 15) is 0 Å². The second-order valence-electron chi connectivity index (χ2n) is 24.3. The van der Waals surface area contributed by atoms with Crippen LogP contribution in [0.15, 0.2) is 364 Å². The van der Waals surface area contributed by atoms with E-state index in [1.807, 2.05) is 0 Å². The van der Waals surface area contributed by atoms with Crippen molar-refractivity contribution in [3.05, 3.63) is 364 Å². The molecule has 0 unspecified atom stereocenters. The van der Waals surface area contributed by atoms with Crippen molar-refractivity contribution < 1.29 is 0 Å². The van der Waals surface area contributed by atoms with Gasteiger partial charge in [-0.3, -0.25) is 0 Å². The first-order valence-corrected chi connectivity index (χ1v) is 33.9. The number of hydrogen-bond acceptors (Lipinski definition) is 4. The predicted octanol–water partition coefficient (Wildman–Crippen LogP) is 24.0. The zero-order valence-corrected chi connectivity index (χ0v) is 51.9. The largest absolute Gasteiger partial charge is 0.521 e. The van der Waals surface area contributed by atoms with E-state index in [2.05, 4.69) is 382 Å². The van der Waals surface area contributed by atoms with Crippen LogP contribution < -0.4 is 18.3 Å². The topological polar surface area (TPSA) is 13.0 Å². The molecule has 0 aliphatic carbocycles. The fourth-order valence-electron chi connectivity index (χ4n) is 15.1. The highest BCUT2D eigenvalue weighted by atomic mass is 28.4. The second-order valence-corrected chi connectivity index (χ2v) is 27.3. The molecule has 436 valence electrons. The Morgan fingerprint density at radius 1 is 0.151 bits per heavy atom. The first kappa shape index (κ1) is 54.0. The van der Waals surface area contributed by atoms with Crippen LogP contribution in [0.5, 0.6) is 0 Å². The Hall–Kier alpha value is -12.0. The predicted molar refractivity (Wildman–Crippen MR) is 396 cm³/mol. The van der Waals surface area contributed by atoms with E-state index in [4.69, 9.17) is 0 Å². The number of fused-ring (bicyclic) bond motifs is 14. The third-order valence-corrected chi connectivity index (χ3v) is 23.6. The van der Waals surface area contributed by atoms with Crippen molar-refractivity contribution in [1.29, 1.82) is 0 Å². The van der Waals surface area contributed by atoms with Crippen molar-refractivity contribution in [3.63, 3.8) is 0 Å². The van der Waals surface area contributed by atoms with Gasteiger partial charge in [0.25, 0.3) is 0 Å². The van der Waals surface area contributed by atoms with Gasteiger partial charge in [-0.25, -0.2) is 0 Å². The minimum Gasteiger partial charge on any atom is -0.315 e. The van der Waals surface area contributed by atoms with Gasteiger partial charge >= 0.3 is 8.72 Å². The molecule has 0 aromatic heterocycles. The van der Waals surface area contributed by atoms with Crippen molar-refractivity contribution in [2.24, 2.45) is 0 Å². The number of anilines is 8. The average Bonchev–Trinajstić information content (AvgIpc) is 1.55. The Kier molecular flexibility index (Phi) is 12.9. The fraction of sp³-hybridized carbons (Fsp3) is 0. The molecule has 0 radical (unpaired) electrons. The minimum atomic E-state index is -4.56. The first-order chi connectivity index (χ1) is 46.2. The molecule has 0 bridgehead atoms. The summed E-state index contributed by atoms with van der Waals surface area (Å²) in [4.78, 5) is 0. The van der Waals surface area contributed by atoms with Crippen LogP contribution >= 0.6 is 0 Å². The SMILES string of the molecule is c1ccc(-c2ccc(N3c4ccc5ccccc5c4-c4c(ccc5ccccc45)N(c4ccc(-c5ccccc5)cc4)[Si]34N(c3ccc(-c5ccccc5)cc3)c3ccc5ccccc5c3-c3c(ccc5ccccc35)N4c3ccc(-c4ccccc4)cc3)cc2)cc1.